The maximum absolute atomic E-state index is 13.1. The molecule has 0 fully saturated rings. The van der Waals surface area contributed by atoms with Crippen molar-refractivity contribution < 1.29 is 18.7 Å². The normalized spacial score (nSPS) is 14.4. The smallest absolute Gasteiger partial charge is 0.258 e. The molecule has 0 aliphatic carbocycles. The van der Waals surface area contributed by atoms with Crippen LogP contribution in [-0.4, -0.2) is 41.5 Å². The summed E-state index contributed by atoms with van der Waals surface area (Å²) in [6.45, 7) is 2.78. The average Bonchev–Trinajstić information content (AvgIpc) is 3.17. The number of carbonyl (C=O) groups excluding carboxylic acids is 1. The first-order valence-electron chi connectivity index (χ1n) is 9.46. The van der Waals surface area contributed by atoms with Gasteiger partial charge in [0, 0.05) is 25.8 Å². The number of hydrogen-bond donors (Lipinski definition) is 0. The zero-order valence-corrected chi connectivity index (χ0v) is 16.7. The number of carbonyl (C=O) groups is 1. The van der Waals surface area contributed by atoms with Crippen LogP contribution in [0.2, 0.25) is 0 Å². The zero-order chi connectivity index (χ0) is 20.4. The van der Waals surface area contributed by atoms with Gasteiger partial charge in [-0.1, -0.05) is 30.3 Å². The third kappa shape index (κ3) is 3.73. The molecule has 1 amide bonds. The third-order valence-electron chi connectivity index (χ3n) is 5.05. The van der Waals surface area contributed by atoms with Gasteiger partial charge >= 0.3 is 0 Å². The molecule has 0 bridgehead atoms. The standard InChI is InChI=1S/C22H23N3O4/c1-14-11-16(19(27-2)12-23-14)22(26)25-10-9-18-17(13-25)24-21(29-18)20(28-3)15-7-5-4-6-8-15/h4-8,11-12,20H,9-10,13H2,1-3H3. The molecular formula is C22H23N3O4. The van der Waals surface area contributed by atoms with Gasteiger partial charge < -0.3 is 18.8 Å². The summed E-state index contributed by atoms with van der Waals surface area (Å²) in [4.78, 5) is 23.7. The maximum atomic E-state index is 13.1. The first kappa shape index (κ1) is 19.1. The molecule has 1 aromatic carbocycles. The second-order valence-electron chi connectivity index (χ2n) is 6.95. The molecule has 0 spiro atoms. The number of rotatable bonds is 5. The lowest BCUT2D eigenvalue weighted by molar-refractivity contribution is 0.0723. The van der Waals surface area contributed by atoms with Crippen molar-refractivity contribution in [2.45, 2.75) is 26.0 Å². The molecule has 1 atom stereocenters. The van der Waals surface area contributed by atoms with Crippen molar-refractivity contribution in [1.82, 2.24) is 14.9 Å². The largest absolute Gasteiger partial charge is 0.494 e. The third-order valence-corrected chi connectivity index (χ3v) is 5.05. The molecule has 1 aliphatic heterocycles. The van der Waals surface area contributed by atoms with E-state index in [0.717, 1.165) is 22.7 Å². The van der Waals surface area contributed by atoms with Crippen molar-refractivity contribution in [1.29, 1.82) is 0 Å². The van der Waals surface area contributed by atoms with Gasteiger partial charge in [0.05, 0.1) is 25.4 Å². The molecule has 3 heterocycles. The monoisotopic (exact) mass is 393 g/mol. The number of aryl methyl sites for hydroxylation is 1. The van der Waals surface area contributed by atoms with Crippen molar-refractivity contribution in [2.24, 2.45) is 0 Å². The van der Waals surface area contributed by atoms with Crippen LogP contribution in [0.3, 0.4) is 0 Å². The maximum Gasteiger partial charge on any atom is 0.258 e. The first-order chi connectivity index (χ1) is 14.1. The number of fused-ring (bicyclic) bond motifs is 1. The molecule has 3 aromatic rings. The van der Waals surface area contributed by atoms with Crippen molar-refractivity contribution >= 4 is 5.91 Å². The van der Waals surface area contributed by atoms with E-state index in [2.05, 4.69) is 9.97 Å². The summed E-state index contributed by atoms with van der Waals surface area (Å²) in [5.41, 5.74) is 3.01. The Kier molecular flexibility index (Phi) is 5.31. The molecular weight excluding hydrogens is 370 g/mol. The fourth-order valence-corrected chi connectivity index (χ4v) is 3.56. The highest BCUT2D eigenvalue weighted by molar-refractivity contribution is 5.97. The first-order valence-corrected chi connectivity index (χ1v) is 9.46. The summed E-state index contributed by atoms with van der Waals surface area (Å²) in [6.07, 6.45) is 1.80. The number of benzene rings is 1. The summed E-state index contributed by atoms with van der Waals surface area (Å²) in [7, 11) is 3.17. The second kappa shape index (κ2) is 8.05. The minimum atomic E-state index is -0.381. The molecule has 150 valence electrons. The van der Waals surface area contributed by atoms with E-state index >= 15 is 0 Å². The molecule has 1 aliphatic rings. The van der Waals surface area contributed by atoms with Crippen molar-refractivity contribution in [3.63, 3.8) is 0 Å². The molecule has 2 aromatic heterocycles. The zero-order valence-electron chi connectivity index (χ0n) is 16.7. The van der Waals surface area contributed by atoms with E-state index in [4.69, 9.17) is 13.9 Å². The summed E-state index contributed by atoms with van der Waals surface area (Å²) in [6, 6.07) is 11.6. The van der Waals surface area contributed by atoms with E-state index in [1.807, 2.05) is 37.3 Å². The summed E-state index contributed by atoms with van der Waals surface area (Å²) in [5.74, 6) is 1.68. The molecule has 0 saturated carbocycles. The lowest BCUT2D eigenvalue weighted by atomic mass is 10.1. The fourth-order valence-electron chi connectivity index (χ4n) is 3.56. The average molecular weight is 393 g/mol. The number of nitrogens with zero attached hydrogens (tertiary/aromatic N) is 3. The van der Waals surface area contributed by atoms with Crippen LogP contribution in [0.15, 0.2) is 47.0 Å². The van der Waals surface area contributed by atoms with Gasteiger partial charge in [0.2, 0.25) is 5.89 Å². The Labute approximate surface area is 169 Å². The molecule has 7 nitrogen and oxygen atoms in total. The van der Waals surface area contributed by atoms with Crippen LogP contribution in [0.25, 0.3) is 0 Å². The van der Waals surface area contributed by atoms with Gasteiger partial charge in [-0.3, -0.25) is 9.78 Å². The van der Waals surface area contributed by atoms with Crippen molar-refractivity contribution in [3.8, 4) is 5.75 Å². The van der Waals surface area contributed by atoms with Crippen LogP contribution < -0.4 is 4.74 Å². The van der Waals surface area contributed by atoms with Gasteiger partial charge in [-0.15, -0.1) is 0 Å². The summed E-state index contributed by atoms with van der Waals surface area (Å²) >= 11 is 0. The van der Waals surface area contributed by atoms with E-state index < -0.39 is 0 Å². The number of oxazole rings is 1. The minimum absolute atomic E-state index is 0.103. The van der Waals surface area contributed by atoms with Crippen molar-refractivity contribution in [2.75, 3.05) is 20.8 Å². The Morgan fingerprint density at radius 3 is 2.76 bits per heavy atom. The van der Waals surface area contributed by atoms with Gasteiger partial charge in [-0.2, -0.15) is 0 Å². The number of pyridine rings is 1. The predicted octanol–water partition coefficient (Wildman–Crippen LogP) is 3.32. The molecule has 1 unspecified atom stereocenters. The second-order valence-corrected chi connectivity index (χ2v) is 6.95. The SMILES string of the molecule is COc1cnc(C)cc1C(=O)N1CCc2oc(C(OC)c3ccccc3)nc2C1. The van der Waals surface area contributed by atoms with Gasteiger partial charge in [-0.05, 0) is 18.6 Å². The van der Waals surface area contributed by atoms with Crippen LogP contribution >= 0.6 is 0 Å². The quantitative estimate of drug-likeness (QED) is 0.662. The van der Waals surface area contributed by atoms with Crippen LogP contribution in [0, 0.1) is 6.92 Å². The number of hydrogen-bond acceptors (Lipinski definition) is 6. The number of ether oxygens (including phenoxy) is 2. The summed E-state index contributed by atoms with van der Waals surface area (Å²) < 4.78 is 16.9. The topological polar surface area (TPSA) is 77.7 Å². The molecule has 7 heteroatoms. The van der Waals surface area contributed by atoms with Gasteiger partial charge in [-0.25, -0.2) is 4.98 Å². The van der Waals surface area contributed by atoms with Crippen LogP contribution in [0.5, 0.6) is 5.75 Å². The Hall–Kier alpha value is -3.19. The molecule has 0 saturated heterocycles. The molecule has 0 radical (unpaired) electrons. The van der Waals surface area contributed by atoms with E-state index in [1.165, 1.54) is 7.11 Å². The van der Waals surface area contributed by atoms with Gasteiger partial charge in [0.1, 0.15) is 17.2 Å². The van der Waals surface area contributed by atoms with E-state index in [1.54, 1.807) is 24.3 Å². The molecule has 0 N–H and O–H groups in total. The Morgan fingerprint density at radius 2 is 2.03 bits per heavy atom. The number of aromatic nitrogens is 2. The minimum Gasteiger partial charge on any atom is -0.494 e. The van der Waals surface area contributed by atoms with Crippen LogP contribution in [-0.2, 0) is 17.7 Å². The van der Waals surface area contributed by atoms with E-state index in [9.17, 15) is 4.79 Å². The van der Waals surface area contributed by atoms with Gasteiger partial charge in [0.15, 0.2) is 6.10 Å². The fraction of sp³-hybridized carbons (Fsp3) is 0.318. The molecule has 4 rings (SSSR count). The highest BCUT2D eigenvalue weighted by Gasteiger charge is 2.30. The Morgan fingerprint density at radius 1 is 1.24 bits per heavy atom. The Balaban J connectivity index is 1.58. The highest BCUT2D eigenvalue weighted by atomic mass is 16.5. The lowest BCUT2D eigenvalue weighted by Gasteiger charge is -2.26. The highest BCUT2D eigenvalue weighted by Crippen LogP contribution is 2.30. The Bertz CT molecular complexity index is 1020. The van der Waals surface area contributed by atoms with Crippen LogP contribution in [0.4, 0.5) is 0 Å². The van der Waals surface area contributed by atoms with Crippen molar-refractivity contribution in [3.05, 3.63) is 76.8 Å². The van der Waals surface area contributed by atoms with Crippen LogP contribution in [0.1, 0.15) is 45.1 Å². The predicted molar refractivity (Wildman–Crippen MR) is 106 cm³/mol. The molecule has 29 heavy (non-hydrogen) atoms. The van der Waals surface area contributed by atoms with E-state index in [0.29, 0.717) is 36.7 Å². The number of amides is 1. The van der Waals surface area contributed by atoms with Gasteiger partial charge in [0.25, 0.3) is 5.91 Å². The van der Waals surface area contributed by atoms with E-state index in [-0.39, 0.29) is 12.0 Å². The lowest BCUT2D eigenvalue weighted by Crippen LogP contribution is -2.36. The summed E-state index contributed by atoms with van der Waals surface area (Å²) in [5, 5.41) is 0. The number of methoxy groups -OCH3 is 2.